The predicted octanol–water partition coefficient (Wildman–Crippen LogP) is 7.53. The minimum Gasteiger partial charge on any atom is -0.388 e. The fourth-order valence-electron chi connectivity index (χ4n) is 6.65. The number of aliphatic hydroxyl groups is 1. The molecule has 3 radical (unpaired) electrons. The van der Waals surface area contributed by atoms with Crippen molar-refractivity contribution in [3.05, 3.63) is 130 Å². The number of hydrogen-bond acceptors (Lipinski definition) is 8. The minimum atomic E-state index is -0.301. The second-order valence-corrected chi connectivity index (χ2v) is 12.7. The third-order valence-electron chi connectivity index (χ3n) is 9.00. The first-order valence-electron chi connectivity index (χ1n) is 17.3. The van der Waals surface area contributed by atoms with Gasteiger partial charge in [0.1, 0.15) is 0 Å². The largest absolute Gasteiger partial charge is 0.388 e. The van der Waals surface area contributed by atoms with Gasteiger partial charge in [-0.1, -0.05) is 88.4 Å². The molecule has 10 heteroatoms. The fourth-order valence-corrected chi connectivity index (χ4v) is 6.65. The smallest absolute Gasteiger partial charge is 0.373 e. The summed E-state index contributed by atoms with van der Waals surface area (Å²) in [5.41, 5.74) is 8.33. The van der Waals surface area contributed by atoms with Gasteiger partial charge in [0.2, 0.25) is 0 Å². The van der Waals surface area contributed by atoms with Crippen LogP contribution in [0.2, 0.25) is 0 Å². The van der Waals surface area contributed by atoms with Gasteiger partial charge in [-0.3, -0.25) is 9.59 Å². The van der Waals surface area contributed by atoms with Crippen molar-refractivity contribution in [1.29, 1.82) is 0 Å². The summed E-state index contributed by atoms with van der Waals surface area (Å²) >= 11 is 0. The Kier molecular flexibility index (Phi) is 17.9. The Morgan fingerprint density at radius 2 is 1.29 bits per heavy atom. The molecule has 3 atom stereocenters. The van der Waals surface area contributed by atoms with Gasteiger partial charge in [-0.05, 0) is 89.8 Å². The summed E-state index contributed by atoms with van der Waals surface area (Å²) in [6.45, 7) is 11.1. The van der Waals surface area contributed by atoms with Crippen molar-refractivity contribution in [3.63, 3.8) is 0 Å². The summed E-state index contributed by atoms with van der Waals surface area (Å²) in [4.78, 5) is 61.6. The summed E-state index contributed by atoms with van der Waals surface area (Å²) in [6.07, 6.45) is 3.60. The van der Waals surface area contributed by atoms with Crippen molar-refractivity contribution in [3.8, 4) is 0 Å². The van der Waals surface area contributed by atoms with E-state index in [2.05, 4.69) is 74.2 Å². The number of benzene rings is 4. The number of amides is 1. The van der Waals surface area contributed by atoms with Gasteiger partial charge in [0.25, 0.3) is 5.91 Å². The van der Waals surface area contributed by atoms with E-state index >= 15 is 0 Å². The second kappa shape index (κ2) is 21.7. The average molecular weight is 702 g/mol. The zero-order valence-electron chi connectivity index (χ0n) is 30.3. The number of rotatable bonds is 9. The molecule has 6 rings (SSSR count). The maximum atomic E-state index is 12.8. The number of ketones is 1. The Morgan fingerprint density at radius 1 is 0.731 bits per heavy atom. The van der Waals surface area contributed by atoms with Crippen LogP contribution in [0.3, 0.4) is 0 Å². The molecule has 1 amide bonds. The van der Waals surface area contributed by atoms with Crippen LogP contribution in [0, 0.1) is 0 Å². The number of carbonyl (C=O) groups excluding carboxylic acids is 6. The number of nitrogens with zero attached hydrogens (tertiary/aromatic N) is 2. The first kappa shape index (κ1) is 42.8. The molecular weight excluding hydrogens is 655 g/mol. The Balaban J connectivity index is 0.000000308. The van der Waals surface area contributed by atoms with Crippen LogP contribution in [0.1, 0.15) is 114 Å². The van der Waals surface area contributed by atoms with Gasteiger partial charge in [-0.2, -0.15) is 19.2 Å². The topological polar surface area (TPSA) is 129 Å². The molecule has 0 aromatic heterocycles. The zero-order chi connectivity index (χ0) is 37.3. The Bertz CT molecular complexity index is 1790. The SMILES string of the molecule is CCCN(C(=O)c1ccccc1)c1ccc2c(c1)C(=O)CC2C.CCCN(Cc1ccccc1)c1ccc2c(c1)C(O)CC2C.O=C=O.O=C=O.[B]. The van der Waals surface area contributed by atoms with Crippen LogP contribution in [-0.4, -0.2) is 50.6 Å². The van der Waals surface area contributed by atoms with Crippen LogP contribution in [0.4, 0.5) is 11.4 Å². The molecule has 0 spiro atoms. The third kappa shape index (κ3) is 11.3. The number of aliphatic hydroxyl groups excluding tert-OH is 1. The van der Waals surface area contributed by atoms with Crippen molar-refractivity contribution in [2.45, 2.75) is 77.9 Å². The summed E-state index contributed by atoms with van der Waals surface area (Å²) in [6, 6.07) is 32.3. The molecule has 269 valence electrons. The van der Waals surface area contributed by atoms with Crippen LogP contribution >= 0.6 is 0 Å². The van der Waals surface area contributed by atoms with Gasteiger partial charge in [0.05, 0.1) is 6.10 Å². The highest BCUT2D eigenvalue weighted by Crippen LogP contribution is 2.41. The lowest BCUT2D eigenvalue weighted by Gasteiger charge is -2.25. The van der Waals surface area contributed by atoms with Crippen LogP contribution in [0.5, 0.6) is 0 Å². The van der Waals surface area contributed by atoms with Crippen molar-refractivity contribution < 1.29 is 33.9 Å². The molecule has 0 saturated carbocycles. The molecule has 0 bridgehead atoms. The lowest BCUT2D eigenvalue weighted by molar-refractivity contribution is -0.193. The number of hydrogen-bond donors (Lipinski definition) is 1. The van der Waals surface area contributed by atoms with Gasteiger partial charge >= 0.3 is 12.3 Å². The highest BCUT2D eigenvalue weighted by Gasteiger charge is 2.28. The highest BCUT2D eigenvalue weighted by molar-refractivity contribution is 6.08. The number of fused-ring (bicyclic) bond motifs is 2. The maximum absolute atomic E-state index is 12.8. The fraction of sp³-hybridized carbons (Fsp3) is 0.333. The molecule has 4 aromatic carbocycles. The van der Waals surface area contributed by atoms with Crippen molar-refractivity contribution in [2.24, 2.45) is 0 Å². The molecule has 0 fully saturated rings. The number of anilines is 2. The van der Waals surface area contributed by atoms with E-state index in [1.54, 1.807) is 4.90 Å². The standard InChI is InChI=1S/C20H21NO2.C20H25NO.2CO2.B/c1-3-11-21(20(23)15-7-5-4-6-8-15)16-9-10-17-14(2)12-19(22)18(17)13-16;1-3-11-21(14-16-7-5-4-6-8-16)17-9-10-18-15(2)12-20(22)19(18)13-17;2*2-1-3;/h4-10,13-14H,3,11-12H2,1-2H3;4-10,13,15,20,22H,3,11-12,14H2,1-2H3;;;. The zero-order valence-corrected chi connectivity index (χ0v) is 30.3. The molecule has 52 heavy (non-hydrogen) atoms. The second-order valence-electron chi connectivity index (χ2n) is 12.7. The summed E-state index contributed by atoms with van der Waals surface area (Å²) < 4.78 is 0. The van der Waals surface area contributed by atoms with Crippen molar-refractivity contribution >= 4 is 43.8 Å². The first-order valence-corrected chi connectivity index (χ1v) is 17.3. The number of carbonyl (C=O) groups is 2. The lowest BCUT2D eigenvalue weighted by Crippen LogP contribution is -2.31. The molecule has 3 unspecified atom stereocenters. The summed E-state index contributed by atoms with van der Waals surface area (Å²) in [5.74, 6) is 0.896. The van der Waals surface area contributed by atoms with E-state index in [4.69, 9.17) is 19.2 Å². The predicted molar refractivity (Wildman–Crippen MR) is 200 cm³/mol. The van der Waals surface area contributed by atoms with Crippen LogP contribution in [0.15, 0.2) is 97.1 Å². The van der Waals surface area contributed by atoms with E-state index in [9.17, 15) is 14.7 Å². The normalized spacial score (nSPS) is 15.9. The molecule has 0 aliphatic heterocycles. The molecule has 9 nitrogen and oxygen atoms in total. The van der Waals surface area contributed by atoms with E-state index in [-0.39, 0.29) is 44.4 Å². The van der Waals surface area contributed by atoms with Crippen molar-refractivity contribution in [1.82, 2.24) is 0 Å². The van der Waals surface area contributed by atoms with E-state index in [1.807, 2.05) is 55.5 Å². The molecule has 2 aliphatic rings. The maximum Gasteiger partial charge on any atom is 0.373 e. The van der Waals surface area contributed by atoms with E-state index in [0.717, 1.165) is 54.7 Å². The lowest BCUT2D eigenvalue weighted by atomic mass is 10.0. The van der Waals surface area contributed by atoms with E-state index in [0.29, 0.717) is 24.4 Å². The minimum absolute atomic E-state index is 0. The molecular formula is C42H46BN2O7. The molecule has 4 aromatic rings. The van der Waals surface area contributed by atoms with Gasteiger partial charge in [-0.15, -0.1) is 0 Å². The van der Waals surface area contributed by atoms with Crippen LogP contribution in [0.25, 0.3) is 0 Å². The molecule has 2 aliphatic carbocycles. The highest BCUT2D eigenvalue weighted by atomic mass is 16.3. The average Bonchev–Trinajstić information content (AvgIpc) is 3.59. The Labute approximate surface area is 308 Å². The van der Waals surface area contributed by atoms with Crippen LogP contribution in [-0.2, 0) is 25.7 Å². The summed E-state index contributed by atoms with van der Waals surface area (Å²) in [7, 11) is 0. The summed E-state index contributed by atoms with van der Waals surface area (Å²) in [5, 5.41) is 10.3. The molecule has 1 N–H and O–H groups in total. The van der Waals surface area contributed by atoms with Gasteiger partial charge < -0.3 is 14.9 Å². The molecule has 0 heterocycles. The van der Waals surface area contributed by atoms with E-state index < -0.39 is 0 Å². The van der Waals surface area contributed by atoms with Gasteiger partial charge in [0, 0.05) is 57.0 Å². The van der Waals surface area contributed by atoms with Gasteiger partial charge in [0.15, 0.2) is 5.78 Å². The Morgan fingerprint density at radius 3 is 1.88 bits per heavy atom. The Hall–Kier alpha value is -5.40. The van der Waals surface area contributed by atoms with Gasteiger partial charge in [-0.25, -0.2) is 0 Å². The van der Waals surface area contributed by atoms with E-state index in [1.165, 1.54) is 16.8 Å². The first-order chi connectivity index (χ1) is 24.6. The van der Waals surface area contributed by atoms with Crippen molar-refractivity contribution in [2.75, 3.05) is 22.9 Å². The van der Waals surface area contributed by atoms with Crippen LogP contribution < -0.4 is 9.80 Å². The quantitative estimate of drug-likeness (QED) is 0.177. The monoisotopic (exact) mass is 701 g/mol. The molecule has 0 saturated heterocycles. The number of Topliss-reactive ketones (excluding diaryl/α,β-unsaturated/α-hetero) is 1. The third-order valence-corrected chi connectivity index (χ3v) is 9.00.